The van der Waals surface area contributed by atoms with Gasteiger partial charge in [0, 0.05) is 25.5 Å². The van der Waals surface area contributed by atoms with Crippen LogP contribution >= 0.6 is 0 Å². The van der Waals surface area contributed by atoms with Crippen molar-refractivity contribution in [2.45, 2.75) is 19.4 Å². The molecule has 3 aromatic rings. The molecule has 0 unspecified atom stereocenters. The maximum atomic E-state index is 11.9. The Labute approximate surface area is 172 Å². The average molecular weight is 389 g/mol. The molecule has 1 amide bonds. The van der Waals surface area contributed by atoms with E-state index in [1.54, 1.807) is 24.5 Å². The molecule has 0 spiro atoms. The Bertz CT molecular complexity index is 870. The Kier molecular flexibility index (Phi) is 8.23. The van der Waals surface area contributed by atoms with Gasteiger partial charge in [0.1, 0.15) is 5.75 Å². The van der Waals surface area contributed by atoms with E-state index in [-0.39, 0.29) is 5.91 Å². The van der Waals surface area contributed by atoms with E-state index in [2.05, 4.69) is 52.0 Å². The van der Waals surface area contributed by atoms with E-state index < -0.39 is 0 Å². The molecule has 0 aliphatic rings. The molecule has 2 N–H and O–H groups in total. The summed E-state index contributed by atoms with van der Waals surface area (Å²) in [6, 6.07) is 22.1. The minimum atomic E-state index is -0.110. The lowest BCUT2D eigenvalue weighted by Crippen LogP contribution is -2.25. The smallest absolute Gasteiger partial charge is 0.252 e. The van der Waals surface area contributed by atoms with Gasteiger partial charge in [0.25, 0.3) is 5.91 Å². The molecule has 0 bridgehead atoms. The summed E-state index contributed by atoms with van der Waals surface area (Å²) in [6.07, 6.45) is 4.97. The van der Waals surface area contributed by atoms with Crippen molar-refractivity contribution in [3.05, 3.63) is 95.8 Å². The van der Waals surface area contributed by atoms with Gasteiger partial charge in [-0.2, -0.15) is 0 Å². The fourth-order valence-corrected chi connectivity index (χ4v) is 2.92. The van der Waals surface area contributed by atoms with Crippen LogP contribution < -0.4 is 15.4 Å². The molecule has 0 aliphatic heterocycles. The van der Waals surface area contributed by atoms with Crippen molar-refractivity contribution in [2.75, 3.05) is 19.7 Å². The third-order valence-electron chi connectivity index (χ3n) is 4.46. The van der Waals surface area contributed by atoms with Gasteiger partial charge in [0.2, 0.25) is 0 Å². The van der Waals surface area contributed by atoms with Crippen molar-refractivity contribution < 1.29 is 9.53 Å². The van der Waals surface area contributed by atoms with E-state index in [0.29, 0.717) is 18.7 Å². The molecule has 0 fully saturated rings. The largest absolute Gasteiger partial charge is 0.494 e. The van der Waals surface area contributed by atoms with Crippen LogP contribution in [0.1, 0.15) is 27.9 Å². The van der Waals surface area contributed by atoms with Gasteiger partial charge in [-0.3, -0.25) is 9.78 Å². The van der Waals surface area contributed by atoms with Crippen molar-refractivity contribution >= 4 is 5.91 Å². The Balaban J connectivity index is 1.31. The highest BCUT2D eigenvalue weighted by Crippen LogP contribution is 2.13. The Morgan fingerprint density at radius 2 is 1.79 bits per heavy atom. The van der Waals surface area contributed by atoms with Gasteiger partial charge in [-0.05, 0) is 54.8 Å². The molecule has 0 atom stereocenters. The van der Waals surface area contributed by atoms with E-state index in [4.69, 9.17) is 4.74 Å². The second kappa shape index (κ2) is 11.6. The Morgan fingerprint density at radius 1 is 0.931 bits per heavy atom. The highest BCUT2D eigenvalue weighted by Gasteiger charge is 2.04. The fraction of sp³-hybridized carbons (Fsp3) is 0.250. The van der Waals surface area contributed by atoms with Crippen LogP contribution in [0, 0.1) is 0 Å². The number of carbonyl (C=O) groups is 1. The molecule has 150 valence electrons. The number of amides is 1. The van der Waals surface area contributed by atoms with Crippen LogP contribution in [0.5, 0.6) is 5.75 Å². The van der Waals surface area contributed by atoms with Gasteiger partial charge in [0.05, 0.1) is 12.2 Å². The van der Waals surface area contributed by atoms with Crippen LogP contribution in [-0.2, 0) is 13.0 Å². The molecule has 0 aliphatic carbocycles. The number of hydrogen-bond acceptors (Lipinski definition) is 4. The lowest BCUT2D eigenvalue weighted by atomic mass is 10.1. The molecule has 5 heteroatoms. The van der Waals surface area contributed by atoms with Crippen LogP contribution in [0.2, 0.25) is 0 Å². The maximum absolute atomic E-state index is 11.9. The predicted octanol–water partition coefficient (Wildman–Crippen LogP) is 3.61. The summed E-state index contributed by atoms with van der Waals surface area (Å²) in [5.41, 5.74) is 3.11. The Hall–Kier alpha value is -3.18. The summed E-state index contributed by atoms with van der Waals surface area (Å²) < 4.78 is 5.82. The van der Waals surface area contributed by atoms with E-state index in [9.17, 15) is 4.79 Å². The standard InChI is InChI=1S/C24H27N3O2/c28-24(22-10-5-13-25-19-22)27-14-6-16-29-23-11-4-9-21(17-23)18-26-15-12-20-7-2-1-3-8-20/h1-5,7-11,13,17,19,26H,6,12,14-16,18H2,(H,27,28). The maximum Gasteiger partial charge on any atom is 0.252 e. The lowest BCUT2D eigenvalue weighted by molar-refractivity contribution is 0.0951. The highest BCUT2D eigenvalue weighted by molar-refractivity contribution is 5.93. The number of aromatic nitrogens is 1. The molecule has 0 saturated carbocycles. The molecular weight excluding hydrogens is 362 g/mol. The van der Waals surface area contributed by atoms with Crippen LogP contribution in [0.4, 0.5) is 0 Å². The van der Waals surface area contributed by atoms with Crippen molar-refractivity contribution in [1.29, 1.82) is 0 Å². The topological polar surface area (TPSA) is 63.2 Å². The van der Waals surface area contributed by atoms with E-state index >= 15 is 0 Å². The number of nitrogens with zero attached hydrogens (tertiary/aromatic N) is 1. The number of ether oxygens (including phenoxy) is 1. The van der Waals surface area contributed by atoms with E-state index in [1.807, 2.05) is 18.2 Å². The van der Waals surface area contributed by atoms with Crippen LogP contribution in [-0.4, -0.2) is 30.6 Å². The second-order valence-electron chi connectivity index (χ2n) is 6.76. The average Bonchev–Trinajstić information content (AvgIpc) is 2.78. The van der Waals surface area contributed by atoms with E-state index in [0.717, 1.165) is 31.7 Å². The first-order valence-electron chi connectivity index (χ1n) is 9.96. The number of carbonyl (C=O) groups excluding carboxylic acids is 1. The summed E-state index contributed by atoms with van der Waals surface area (Å²) in [7, 11) is 0. The Morgan fingerprint density at radius 3 is 2.62 bits per heavy atom. The first-order valence-corrected chi connectivity index (χ1v) is 9.96. The lowest BCUT2D eigenvalue weighted by Gasteiger charge is -2.10. The zero-order valence-corrected chi connectivity index (χ0v) is 16.5. The van der Waals surface area contributed by atoms with Gasteiger partial charge in [-0.1, -0.05) is 42.5 Å². The zero-order valence-electron chi connectivity index (χ0n) is 16.5. The quantitative estimate of drug-likeness (QED) is 0.492. The number of pyridine rings is 1. The van der Waals surface area contributed by atoms with Gasteiger partial charge in [0.15, 0.2) is 0 Å². The molecule has 29 heavy (non-hydrogen) atoms. The molecule has 0 saturated heterocycles. The SMILES string of the molecule is O=C(NCCCOc1cccc(CNCCc2ccccc2)c1)c1cccnc1. The molecular formula is C24H27N3O2. The predicted molar refractivity (Wildman–Crippen MR) is 115 cm³/mol. The highest BCUT2D eigenvalue weighted by atomic mass is 16.5. The minimum Gasteiger partial charge on any atom is -0.494 e. The number of hydrogen-bond donors (Lipinski definition) is 2. The van der Waals surface area contributed by atoms with Crippen molar-refractivity contribution in [3.63, 3.8) is 0 Å². The fourth-order valence-electron chi connectivity index (χ4n) is 2.92. The minimum absolute atomic E-state index is 0.110. The second-order valence-corrected chi connectivity index (χ2v) is 6.76. The third kappa shape index (κ3) is 7.39. The number of nitrogens with one attached hydrogen (secondary N) is 2. The number of benzene rings is 2. The van der Waals surface area contributed by atoms with Gasteiger partial charge < -0.3 is 15.4 Å². The third-order valence-corrected chi connectivity index (χ3v) is 4.46. The molecule has 1 heterocycles. The summed E-state index contributed by atoms with van der Waals surface area (Å²) in [5, 5.41) is 6.35. The number of rotatable bonds is 11. The monoisotopic (exact) mass is 389 g/mol. The van der Waals surface area contributed by atoms with Crippen molar-refractivity contribution in [3.8, 4) is 5.75 Å². The molecule has 0 radical (unpaired) electrons. The van der Waals surface area contributed by atoms with Crippen LogP contribution in [0.15, 0.2) is 79.1 Å². The van der Waals surface area contributed by atoms with Crippen molar-refractivity contribution in [1.82, 2.24) is 15.6 Å². The van der Waals surface area contributed by atoms with E-state index in [1.165, 1.54) is 11.1 Å². The summed E-state index contributed by atoms with van der Waals surface area (Å²) in [6.45, 7) is 2.86. The van der Waals surface area contributed by atoms with Crippen LogP contribution in [0.25, 0.3) is 0 Å². The molecule has 3 rings (SSSR count). The van der Waals surface area contributed by atoms with Gasteiger partial charge >= 0.3 is 0 Å². The van der Waals surface area contributed by atoms with Gasteiger partial charge in [-0.25, -0.2) is 0 Å². The molecule has 5 nitrogen and oxygen atoms in total. The summed E-state index contributed by atoms with van der Waals surface area (Å²) >= 11 is 0. The van der Waals surface area contributed by atoms with Crippen molar-refractivity contribution in [2.24, 2.45) is 0 Å². The molecule has 1 aromatic heterocycles. The first-order chi connectivity index (χ1) is 14.3. The summed E-state index contributed by atoms with van der Waals surface area (Å²) in [4.78, 5) is 15.9. The summed E-state index contributed by atoms with van der Waals surface area (Å²) in [5.74, 6) is 0.743. The van der Waals surface area contributed by atoms with Gasteiger partial charge in [-0.15, -0.1) is 0 Å². The normalized spacial score (nSPS) is 10.5. The first kappa shape index (κ1) is 20.6. The zero-order chi connectivity index (χ0) is 20.2. The van der Waals surface area contributed by atoms with Crippen LogP contribution in [0.3, 0.4) is 0 Å². The molecule has 2 aromatic carbocycles.